The second kappa shape index (κ2) is 10.2. The molecule has 2 heterocycles. The average molecular weight is 488 g/mol. The Kier molecular flexibility index (Phi) is 7.11. The lowest BCUT2D eigenvalue weighted by molar-refractivity contribution is -0.687. The van der Waals surface area contributed by atoms with Crippen molar-refractivity contribution < 1.29 is 21.5 Å². The van der Waals surface area contributed by atoms with Gasteiger partial charge in [0.15, 0.2) is 0 Å². The van der Waals surface area contributed by atoms with Gasteiger partial charge in [0, 0.05) is 28.4 Å². The fraction of sp³-hybridized carbons (Fsp3) is 0.250. The first-order valence-electron chi connectivity index (χ1n) is 11.3. The van der Waals surface area contributed by atoms with Crippen molar-refractivity contribution in [2.75, 3.05) is 0 Å². The Labute approximate surface area is 200 Å². The lowest BCUT2D eigenvalue weighted by Crippen LogP contribution is -3.00. The number of aromatic nitrogens is 3. The minimum atomic E-state index is 0. The highest BCUT2D eigenvalue weighted by Gasteiger charge is 2.09. The largest absolute Gasteiger partial charge is 1.00 e. The van der Waals surface area contributed by atoms with Gasteiger partial charge >= 0.3 is 0 Å². The van der Waals surface area contributed by atoms with Crippen molar-refractivity contribution in [1.29, 1.82) is 0 Å². The first kappa shape index (κ1) is 22.3. The second-order valence-corrected chi connectivity index (χ2v) is 8.56. The van der Waals surface area contributed by atoms with E-state index in [2.05, 4.69) is 112 Å². The molecule has 5 rings (SSSR count). The first-order valence-corrected chi connectivity index (χ1v) is 11.3. The van der Waals surface area contributed by atoms with Gasteiger partial charge in [-0.05, 0) is 43.9 Å². The number of aryl methyl sites for hydroxylation is 3. The van der Waals surface area contributed by atoms with E-state index < -0.39 is 0 Å². The van der Waals surface area contributed by atoms with Crippen molar-refractivity contribution >= 4 is 21.8 Å². The van der Waals surface area contributed by atoms with Crippen LogP contribution in [-0.4, -0.2) is 9.13 Å². The van der Waals surface area contributed by atoms with E-state index in [0.29, 0.717) is 0 Å². The summed E-state index contributed by atoms with van der Waals surface area (Å²) in [6.45, 7) is 5.22. The maximum atomic E-state index is 2.50. The molecule has 0 spiro atoms. The molecular weight excluding hydrogens is 458 g/mol. The highest BCUT2D eigenvalue weighted by Crippen LogP contribution is 2.29. The fourth-order valence-corrected chi connectivity index (χ4v) is 4.55. The third kappa shape index (κ3) is 4.81. The van der Waals surface area contributed by atoms with Gasteiger partial charge in [0.05, 0.1) is 6.54 Å². The number of halogens is 1. The molecular formula is C28H30BrN3. The summed E-state index contributed by atoms with van der Waals surface area (Å²) in [6, 6.07) is 26.4. The highest BCUT2D eigenvalue weighted by atomic mass is 79.9. The van der Waals surface area contributed by atoms with E-state index in [4.69, 9.17) is 0 Å². The number of para-hydroxylation sites is 2. The molecule has 3 nitrogen and oxygen atoms in total. The fourth-order valence-electron chi connectivity index (χ4n) is 4.55. The van der Waals surface area contributed by atoms with Crippen molar-refractivity contribution in [2.45, 2.75) is 45.8 Å². The third-order valence-corrected chi connectivity index (χ3v) is 6.21. The summed E-state index contributed by atoms with van der Waals surface area (Å²) in [4.78, 5) is 0. The SMILES string of the molecule is Cc1ccc(C[n+]2ccn(CCCCCn3c4ccccc4c4ccccc43)c2)cc1.[Br-]. The zero-order valence-electron chi connectivity index (χ0n) is 18.6. The van der Waals surface area contributed by atoms with E-state index in [1.165, 1.54) is 52.2 Å². The number of unbranched alkanes of at least 4 members (excludes halogenated alkanes) is 2. The Hall–Kier alpha value is -2.85. The van der Waals surface area contributed by atoms with E-state index in [0.717, 1.165) is 19.6 Å². The van der Waals surface area contributed by atoms with E-state index in [1.807, 2.05) is 0 Å². The van der Waals surface area contributed by atoms with Crippen LogP contribution in [0.15, 0.2) is 91.5 Å². The number of fused-ring (bicyclic) bond motifs is 3. The third-order valence-electron chi connectivity index (χ3n) is 6.21. The molecule has 0 saturated carbocycles. The van der Waals surface area contributed by atoms with Gasteiger partial charge in [0.25, 0.3) is 0 Å². The zero-order valence-corrected chi connectivity index (χ0v) is 20.2. The predicted molar refractivity (Wildman–Crippen MR) is 128 cm³/mol. The van der Waals surface area contributed by atoms with Gasteiger partial charge in [0.1, 0.15) is 18.9 Å². The zero-order chi connectivity index (χ0) is 21.0. The number of hydrogen-bond donors (Lipinski definition) is 0. The van der Waals surface area contributed by atoms with Gasteiger partial charge in [-0.25, -0.2) is 9.13 Å². The molecule has 0 unspecified atom stereocenters. The summed E-state index contributed by atoms with van der Waals surface area (Å²) in [5, 5.41) is 2.73. The van der Waals surface area contributed by atoms with Crippen LogP contribution in [0.2, 0.25) is 0 Å². The highest BCUT2D eigenvalue weighted by molar-refractivity contribution is 6.07. The Morgan fingerprint density at radius 3 is 2.03 bits per heavy atom. The molecule has 3 aromatic carbocycles. The number of hydrogen-bond acceptors (Lipinski definition) is 0. The minimum Gasteiger partial charge on any atom is -1.00 e. The summed E-state index contributed by atoms with van der Waals surface area (Å²) in [5.74, 6) is 0. The molecule has 0 aliphatic heterocycles. The van der Waals surface area contributed by atoms with Crippen LogP contribution in [0.3, 0.4) is 0 Å². The number of nitrogens with zero attached hydrogens (tertiary/aromatic N) is 3. The van der Waals surface area contributed by atoms with E-state index in [9.17, 15) is 0 Å². The van der Waals surface area contributed by atoms with Crippen LogP contribution in [-0.2, 0) is 19.6 Å². The standard InChI is InChI=1S/C28H30N3.BrH/c1-23-13-15-24(16-14-23)21-30-20-19-29(22-30)17-7-2-8-18-31-27-11-5-3-9-25(27)26-10-4-6-12-28(26)31;/h3-6,9-16,19-20,22H,2,7-8,17-18,21H2,1H3;1H/q+1;/p-1. The maximum Gasteiger partial charge on any atom is 0.244 e. The molecule has 164 valence electrons. The summed E-state index contributed by atoms with van der Waals surface area (Å²) in [7, 11) is 0. The van der Waals surface area contributed by atoms with Crippen LogP contribution >= 0.6 is 0 Å². The van der Waals surface area contributed by atoms with Crippen LogP contribution in [0.25, 0.3) is 21.8 Å². The molecule has 0 aliphatic rings. The lowest BCUT2D eigenvalue weighted by Gasteiger charge is -2.07. The van der Waals surface area contributed by atoms with Crippen LogP contribution in [0, 0.1) is 6.92 Å². The van der Waals surface area contributed by atoms with Crippen LogP contribution < -0.4 is 21.5 Å². The van der Waals surface area contributed by atoms with E-state index in [1.54, 1.807) is 0 Å². The minimum absolute atomic E-state index is 0. The molecule has 0 aliphatic carbocycles. The molecule has 0 amide bonds. The molecule has 0 radical (unpaired) electrons. The van der Waals surface area contributed by atoms with Gasteiger partial charge in [0.2, 0.25) is 6.33 Å². The van der Waals surface area contributed by atoms with Gasteiger partial charge in [-0.1, -0.05) is 66.2 Å². The van der Waals surface area contributed by atoms with Crippen molar-refractivity contribution in [2.24, 2.45) is 0 Å². The van der Waals surface area contributed by atoms with E-state index in [-0.39, 0.29) is 17.0 Å². The summed E-state index contributed by atoms with van der Waals surface area (Å²) in [5.41, 5.74) is 5.37. The molecule has 0 N–H and O–H groups in total. The second-order valence-electron chi connectivity index (χ2n) is 8.56. The van der Waals surface area contributed by atoms with Crippen LogP contribution in [0.4, 0.5) is 0 Å². The molecule has 5 aromatic rings. The Morgan fingerprint density at radius 1 is 0.719 bits per heavy atom. The Morgan fingerprint density at radius 2 is 1.34 bits per heavy atom. The average Bonchev–Trinajstić information content (AvgIpc) is 3.38. The van der Waals surface area contributed by atoms with Gasteiger partial charge in [-0.3, -0.25) is 0 Å². The van der Waals surface area contributed by atoms with Gasteiger partial charge in [-0.2, -0.15) is 0 Å². The number of rotatable bonds is 8. The van der Waals surface area contributed by atoms with Crippen molar-refractivity contribution in [1.82, 2.24) is 9.13 Å². The Bertz CT molecular complexity index is 1240. The van der Waals surface area contributed by atoms with Crippen molar-refractivity contribution in [3.63, 3.8) is 0 Å². The summed E-state index contributed by atoms with van der Waals surface area (Å²) >= 11 is 0. The first-order chi connectivity index (χ1) is 15.3. The van der Waals surface area contributed by atoms with Gasteiger partial charge < -0.3 is 21.5 Å². The number of benzene rings is 3. The molecule has 0 atom stereocenters. The molecule has 2 aromatic heterocycles. The van der Waals surface area contributed by atoms with Gasteiger partial charge in [-0.15, -0.1) is 0 Å². The lowest BCUT2D eigenvalue weighted by atomic mass is 10.1. The predicted octanol–water partition coefficient (Wildman–Crippen LogP) is 3.11. The van der Waals surface area contributed by atoms with Crippen molar-refractivity contribution in [3.05, 3.63) is 103 Å². The normalized spacial score (nSPS) is 11.2. The van der Waals surface area contributed by atoms with Crippen LogP contribution in [0.1, 0.15) is 30.4 Å². The molecule has 0 saturated heterocycles. The van der Waals surface area contributed by atoms with Crippen LogP contribution in [0.5, 0.6) is 0 Å². The smallest absolute Gasteiger partial charge is 0.244 e. The molecule has 0 bridgehead atoms. The quantitative estimate of drug-likeness (QED) is 0.236. The number of imidazole rings is 1. The maximum absolute atomic E-state index is 2.50. The molecule has 4 heteroatoms. The monoisotopic (exact) mass is 487 g/mol. The topological polar surface area (TPSA) is 13.7 Å². The molecule has 32 heavy (non-hydrogen) atoms. The summed E-state index contributed by atoms with van der Waals surface area (Å²) in [6.07, 6.45) is 10.2. The van der Waals surface area contributed by atoms with E-state index >= 15 is 0 Å². The Balaban J connectivity index is 0.00000245. The summed E-state index contributed by atoms with van der Waals surface area (Å²) < 4.78 is 7.08. The molecule has 0 fully saturated rings. The van der Waals surface area contributed by atoms with Crippen molar-refractivity contribution in [3.8, 4) is 0 Å².